The fourth-order valence-corrected chi connectivity index (χ4v) is 3.65. The van der Waals surface area contributed by atoms with E-state index >= 15 is 0 Å². The van der Waals surface area contributed by atoms with Gasteiger partial charge >= 0.3 is 6.18 Å². The first kappa shape index (κ1) is 16.6. The predicted molar refractivity (Wildman–Crippen MR) is 92.2 cm³/mol. The largest absolute Gasteiger partial charge is 0.416 e. The number of hydrogen-bond acceptors (Lipinski definition) is 2. The van der Waals surface area contributed by atoms with Gasteiger partial charge in [0, 0.05) is 24.0 Å². The predicted octanol–water partition coefficient (Wildman–Crippen LogP) is 4.31. The van der Waals surface area contributed by atoms with Gasteiger partial charge < -0.3 is 11.1 Å². The summed E-state index contributed by atoms with van der Waals surface area (Å²) in [5.41, 5.74) is 7.85. The fourth-order valence-electron chi connectivity index (χ4n) is 3.65. The van der Waals surface area contributed by atoms with Crippen molar-refractivity contribution in [3.63, 3.8) is 0 Å². The number of halogens is 3. The normalized spacial score (nSPS) is 28.5. The summed E-state index contributed by atoms with van der Waals surface area (Å²) in [5, 5.41) is 3.63. The molecule has 3 N–H and O–H groups in total. The zero-order chi connectivity index (χ0) is 17.6. The van der Waals surface area contributed by atoms with E-state index in [1.807, 2.05) is 24.3 Å². The van der Waals surface area contributed by atoms with Crippen molar-refractivity contribution < 1.29 is 13.2 Å². The van der Waals surface area contributed by atoms with Crippen molar-refractivity contribution in [3.8, 4) is 11.1 Å². The highest BCUT2D eigenvalue weighted by Crippen LogP contribution is 2.42. The van der Waals surface area contributed by atoms with Crippen molar-refractivity contribution in [3.05, 3.63) is 59.7 Å². The summed E-state index contributed by atoms with van der Waals surface area (Å²) < 4.78 is 38.6. The highest BCUT2D eigenvalue weighted by Gasteiger charge is 2.41. The Morgan fingerprint density at radius 3 is 2.28 bits per heavy atom. The molecule has 2 aromatic carbocycles. The van der Waals surface area contributed by atoms with E-state index < -0.39 is 11.7 Å². The topological polar surface area (TPSA) is 38.0 Å². The van der Waals surface area contributed by atoms with Crippen LogP contribution in [0, 0.1) is 0 Å². The molecule has 0 aromatic heterocycles. The quantitative estimate of drug-likeness (QED) is 0.866. The molecule has 25 heavy (non-hydrogen) atoms. The molecule has 0 unspecified atom stereocenters. The minimum Gasteiger partial charge on any atom is -0.328 e. The summed E-state index contributed by atoms with van der Waals surface area (Å²) in [7, 11) is 0. The van der Waals surface area contributed by atoms with Gasteiger partial charge in [0.2, 0.25) is 0 Å². The Bertz CT molecular complexity index is 748. The van der Waals surface area contributed by atoms with E-state index in [4.69, 9.17) is 5.73 Å². The van der Waals surface area contributed by atoms with Crippen LogP contribution in [0.5, 0.6) is 0 Å². The van der Waals surface area contributed by atoms with Crippen LogP contribution in [-0.4, -0.2) is 18.1 Å². The molecule has 4 rings (SSSR count). The molecule has 5 heteroatoms. The van der Waals surface area contributed by atoms with E-state index in [-0.39, 0.29) is 0 Å². The first-order valence-corrected chi connectivity index (χ1v) is 8.69. The van der Waals surface area contributed by atoms with Crippen molar-refractivity contribution >= 4 is 0 Å². The van der Waals surface area contributed by atoms with Crippen molar-refractivity contribution in [2.24, 2.45) is 5.73 Å². The molecular weight excluding hydrogens is 325 g/mol. The molecular formula is C20H21F3N2. The summed E-state index contributed by atoms with van der Waals surface area (Å²) in [6, 6.07) is 14.8. The zero-order valence-corrected chi connectivity index (χ0v) is 13.8. The molecule has 132 valence electrons. The third kappa shape index (κ3) is 3.58. The molecule has 0 saturated heterocycles. The number of nitrogens with two attached hydrogens (primary N) is 1. The fraction of sp³-hybridized carbons (Fsp3) is 0.400. The Hall–Kier alpha value is -1.85. The Labute approximate surface area is 145 Å². The maximum Gasteiger partial charge on any atom is 0.416 e. The monoisotopic (exact) mass is 346 g/mol. The van der Waals surface area contributed by atoms with Crippen LogP contribution in [0.3, 0.4) is 0 Å². The van der Waals surface area contributed by atoms with Crippen LogP contribution in [0.4, 0.5) is 13.2 Å². The molecule has 0 aliphatic heterocycles. The van der Waals surface area contributed by atoms with Crippen LogP contribution in [-0.2, 0) is 6.18 Å². The van der Waals surface area contributed by atoms with Gasteiger partial charge in [0.25, 0.3) is 0 Å². The summed E-state index contributed by atoms with van der Waals surface area (Å²) >= 11 is 0. The lowest BCUT2D eigenvalue weighted by Gasteiger charge is -2.33. The van der Waals surface area contributed by atoms with Gasteiger partial charge in [0.15, 0.2) is 0 Å². The molecule has 2 aromatic rings. The first-order chi connectivity index (χ1) is 11.9. The summed E-state index contributed by atoms with van der Waals surface area (Å²) in [6.07, 6.45) is -1.09. The van der Waals surface area contributed by atoms with Crippen molar-refractivity contribution in [2.45, 2.75) is 49.5 Å². The maximum atomic E-state index is 12.9. The van der Waals surface area contributed by atoms with E-state index in [0.717, 1.165) is 30.9 Å². The molecule has 2 fully saturated rings. The average molecular weight is 346 g/mol. The van der Waals surface area contributed by atoms with E-state index in [9.17, 15) is 13.2 Å². The molecule has 2 nitrogen and oxygen atoms in total. The van der Waals surface area contributed by atoms with Gasteiger partial charge in [-0.25, -0.2) is 0 Å². The Morgan fingerprint density at radius 1 is 0.920 bits per heavy atom. The second kappa shape index (κ2) is 6.15. The lowest BCUT2D eigenvalue weighted by Crippen LogP contribution is -2.49. The molecule has 2 aliphatic rings. The molecule has 2 atom stereocenters. The standard InChI is InChI=1S/C20H21F3N2/c21-20(22,23)15-3-1-2-14(8-15)12-4-6-13(7-5-12)18-11-19(18)25-17-9-16(24)10-17/h1-8,16-19,25H,9-11,24H2/t16?,17?,18-,19+/m0/s1. The van der Waals surface area contributed by atoms with Gasteiger partial charge in [-0.3, -0.25) is 0 Å². The maximum absolute atomic E-state index is 12.9. The Morgan fingerprint density at radius 2 is 1.64 bits per heavy atom. The minimum atomic E-state index is -4.31. The lowest BCUT2D eigenvalue weighted by atomic mass is 9.87. The van der Waals surface area contributed by atoms with Crippen LogP contribution in [0.15, 0.2) is 48.5 Å². The van der Waals surface area contributed by atoms with Crippen LogP contribution < -0.4 is 11.1 Å². The molecule has 0 bridgehead atoms. The van der Waals surface area contributed by atoms with Crippen LogP contribution in [0.1, 0.15) is 36.3 Å². The highest BCUT2D eigenvalue weighted by molar-refractivity contribution is 5.65. The van der Waals surface area contributed by atoms with Crippen molar-refractivity contribution in [1.29, 1.82) is 0 Å². The Kier molecular flexibility index (Phi) is 4.08. The molecule has 0 heterocycles. The van der Waals surface area contributed by atoms with Gasteiger partial charge in [-0.15, -0.1) is 0 Å². The number of hydrogen-bond donors (Lipinski definition) is 2. The SMILES string of the molecule is NC1CC(N[C@@H]2C[C@H]2c2ccc(-c3cccc(C(F)(F)F)c3)cc2)C1. The summed E-state index contributed by atoms with van der Waals surface area (Å²) in [4.78, 5) is 0. The molecule has 2 aliphatic carbocycles. The summed E-state index contributed by atoms with van der Waals surface area (Å²) in [5.74, 6) is 0.507. The van der Waals surface area contributed by atoms with E-state index in [0.29, 0.717) is 29.6 Å². The Balaban J connectivity index is 1.43. The van der Waals surface area contributed by atoms with Crippen molar-refractivity contribution in [2.75, 3.05) is 0 Å². The molecule has 0 amide bonds. The molecule has 0 radical (unpaired) electrons. The minimum absolute atomic E-state index is 0.349. The highest BCUT2D eigenvalue weighted by atomic mass is 19.4. The van der Waals surface area contributed by atoms with Gasteiger partial charge in [-0.1, -0.05) is 36.4 Å². The number of benzene rings is 2. The smallest absolute Gasteiger partial charge is 0.328 e. The molecule has 0 spiro atoms. The van der Waals surface area contributed by atoms with Gasteiger partial charge in [0.05, 0.1) is 5.56 Å². The van der Waals surface area contributed by atoms with Gasteiger partial charge in [-0.05, 0) is 48.1 Å². The number of nitrogens with one attached hydrogen (secondary N) is 1. The summed E-state index contributed by atoms with van der Waals surface area (Å²) in [6.45, 7) is 0. The van der Waals surface area contributed by atoms with Crippen molar-refractivity contribution in [1.82, 2.24) is 5.32 Å². The lowest BCUT2D eigenvalue weighted by molar-refractivity contribution is -0.137. The third-order valence-electron chi connectivity index (χ3n) is 5.28. The van der Waals surface area contributed by atoms with E-state index in [2.05, 4.69) is 5.32 Å². The second-order valence-electron chi connectivity index (χ2n) is 7.24. The van der Waals surface area contributed by atoms with Crippen LogP contribution in [0.2, 0.25) is 0 Å². The third-order valence-corrected chi connectivity index (χ3v) is 5.28. The van der Waals surface area contributed by atoms with Crippen LogP contribution >= 0.6 is 0 Å². The van der Waals surface area contributed by atoms with E-state index in [1.54, 1.807) is 6.07 Å². The van der Waals surface area contributed by atoms with E-state index in [1.165, 1.54) is 17.7 Å². The van der Waals surface area contributed by atoms with Gasteiger partial charge in [0.1, 0.15) is 0 Å². The number of alkyl halides is 3. The molecule has 2 saturated carbocycles. The first-order valence-electron chi connectivity index (χ1n) is 8.69. The second-order valence-corrected chi connectivity index (χ2v) is 7.24. The van der Waals surface area contributed by atoms with Gasteiger partial charge in [-0.2, -0.15) is 13.2 Å². The zero-order valence-electron chi connectivity index (χ0n) is 13.8. The number of rotatable bonds is 4. The van der Waals surface area contributed by atoms with Crippen LogP contribution in [0.25, 0.3) is 11.1 Å². The average Bonchev–Trinajstić information content (AvgIpc) is 3.32.